The van der Waals surface area contributed by atoms with Crippen LogP contribution in [0.3, 0.4) is 0 Å². The van der Waals surface area contributed by atoms with Crippen LogP contribution in [0, 0.1) is 0 Å². The molecule has 3 nitrogen and oxygen atoms in total. The minimum atomic E-state index is 0.206. The molecular formula is C14H23ClN2O. The van der Waals surface area contributed by atoms with Gasteiger partial charge in [0.25, 0.3) is 0 Å². The van der Waals surface area contributed by atoms with E-state index in [4.69, 9.17) is 22.1 Å². The highest BCUT2D eigenvalue weighted by atomic mass is 35.5. The Morgan fingerprint density at radius 2 is 2.00 bits per heavy atom. The number of benzene rings is 1. The van der Waals surface area contributed by atoms with Gasteiger partial charge in [-0.1, -0.05) is 23.7 Å². The second-order valence-corrected chi connectivity index (χ2v) is 5.15. The van der Waals surface area contributed by atoms with Gasteiger partial charge in [-0.15, -0.1) is 0 Å². The highest BCUT2D eigenvalue weighted by molar-refractivity contribution is 6.30. The van der Waals surface area contributed by atoms with Crippen molar-refractivity contribution in [2.75, 3.05) is 27.3 Å². The molecule has 0 saturated heterocycles. The van der Waals surface area contributed by atoms with Gasteiger partial charge >= 0.3 is 0 Å². The summed E-state index contributed by atoms with van der Waals surface area (Å²) < 4.78 is 5.02. The summed E-state index contributed by atoms with van der Waals surface area (Å²) in [6.45, 7) is 2.58. The third kappa shape index (κ3) is 6.36. The van der Waals surface area contributed by atoms with E-state index in [1.165, 1.54) is 5.56 Å². The van der Waals surface area contributed by atoms with E-state index < -0.39 is 0 Å². The van der Waals surface area contributed by atoms with Crippen LogP contribution < -0.4 is 5.73 Å². The summed E-state index contributed by atoms with van der Waals surface area (Å²) in [6, 6.07) is 8.15. The molecule has 18 heavy (non-hydrogen) atoms. The van der Waals surface area contributed by atoms with Crippen LogP contribution in [-0.4, -0.2) is 38.3 Å². The molecule has 0 aliphatic carbocycles. The average molecular weight is 271 g/mol. The molecule has 1 unspecified atom stereocenters. The smallest absolute Gasteiger partial charge is 0.0462 e. The van der Waals surface area contributed by atoms with Crippen LogP contribution in [-0.2, 0) is 11.3 Å². The maximum absolute atomic E-state index is 6.07. The lowest BCUT2D eigenvalue weighted by Crippen LogP contribution is -2.35. The minimum absolute atomic E-state index is 0.206. The predicted molar refractivity (Wildman–Crippen MR) is 76.9 cm³/mol. The van der Waals surface area contributed by atoms with Gasteiger partial charge in [-0.05, 0) is 37.6 Å². The Hall–Kier alpha value is -0.610. The van der Waals surface area contributed by atoms with Gasteiger partial charge in [-0.2, -0.15) is 0 Å². The Morgan fingerprint density at radius 3 is 2.61 bits per heavy atom. The van der Waals surface area contributed by atoms with Gasteiger partial charge in [-0.25, -0.2) is 0 Å². The zero-order valence-electron chi connectivity index (χ0n) is 11.2. The molecule has 1 rings (SSSR count). The quantitative estimate of drug-likeness (QED) is 0.738. The minimum Gasteiger partial charge on any atom is -0.385 e. The summed E-state index contributed by atoms with van der Waals surface area (Å²) in [7, 11) is 3.81. The summed E-state index contributed by atoms with van der Waals surface area (Å²) in [5.41, 5.74) is 7.33. The van der Waals surface area contributed by atoms with Crippen molar-refractivity contribution in [2.45, 2.75) is 25.4 Å². The van der Waals surface area contributed by atoms with E-state index in [0.29, 0.717) is 0 Å². The van der Waals surface area contributed by atoms with E-state index in [0.717, 1.165) is 37.6 Å². The molecule has 0 heterocycles. The molecule has 0 aliphatic rings. The average Bonchev–Trinajstić information content (AvgIpc) is 2.32. The number of methoxy groups -OCH3 is 1. The van der Waals surface area contributed by atoms with Crippen molar-refractivity contribution in [3.05, 3.63) is 34.9 Å². The molecule has 1 atom stereocenters. The molecule has 0 aliphatic heterocycles. The summed E-state index contributed by atoms with van der Waals surface area (Å²) in [4.78, 5) is 2.24. The van der Waals surface area contributed by atoms with Crippen molar-refractivity contribution >= 4 is 11.6 Å². The molecule has 0 fully saturated rings. The Balaban J connectivity index is 2.27. The van der Waals surface area contributed by atoms with Gasteiger partial charge in [-0.3, -0.25) is 0 Å². The van der Waals surface area contributed by atoms with Crippen LogP contribution in [0.5, 0.6) is 0 Å². The fraction of sp³-hybridized carbons (Fsp3) is 0.571. The Morgan fingerprint density at radius 1 is 1.33 bits per heavy atom. The zero-order chi connectivity index (χ0) is 13.4. The lowest BCUT2D eigenvalue weighted by atomic mass is 10.1. The normalized spacial score (nSPS) is 12.9. The van der Waals surface area contributed by atoms with Gasteiger partial charge < -0.3 is 15.4 Å². The fourth-order valence-corrected chi connectivity index (χ4v) is 2.07. The second-order valence-electron chi connectivity index (χ2n) is 4.72. The number of ether oxygens (including phenoxy) is 1. The first kappa shape index (κ1) is 15.4. The number of likely N-dealkylation sites (N-methyl/N-ethyl adjacent to an activating group) is 1. The van der Waals surface area contributed by atoms with Gasteiger partial charge in [0.2, 0.25) is 0 Å². The molecule has 0 spiro atoms. The van der Waals surface area contributed by atoms with Crippen LogP contribution in [0.15, 0.2) is 24.3 Å². The zero-order valence-corrected chi connectivity index (χ0v) is 12.0. The number of rotatable bonds is 8. The standard InChI is InChI=1S/C14H23ClN2O/c1-17(11-14(16)4-3-9-18-2)10-12-5-7-13(15)8-6-12/h5-8,14H,3-4,9-11,16H2,1-2H3. The molecule has 1 aromatic rings. The number of nitrogens with zero attached hydrogens (tertiary/aromatic N) is 1. The van der Waals surface area contributed by atoms with Crippen molar-refractivity contribution < 1.29 is 4.74 Å². The largest absolute Gasteiger partial charge is 0.385 e. The second kappa shape index (κ2) is 8.48. The highest BCUT2D eigenvalue weighted by Crippen LogP contribution is 2.11. The summed E-state index contributed by atoms with van der Waals surface area (Å²) in [6.07, 6.45) is 2.02. The lowest BCUT2D eigenvalue weighted by molar-refractivity contribution is 0.187. The van der Waals surface area contributed by atoms with Crippen LogP contribution in [0.2, 0.25) is 5.02 Å². The maximum Gasteiger partial charge on any atom is 0.0462 e. The van der Waals surface area contributed by atoms with E-state index >= 15 is 0 Å². The lowest BCUT2D eigenvalue weighted by Gasteiger charge is -2.21. The number of halogens is 1. The van der Waals surface area contributed by atoms with Crippen LogP contribution in [0.25, 0.3) is 0 Å². The van der Waals surface area contributed by atoms with Gasteiger partial charge in [0.1, 0.15) is 0 Å². The van der Waals surface area contributed by atoms with E-state index in [-0.39, 0.29) is 6.04 Å². The van der Waals surface area contributed by atoms with Crippen molar-refractivity contribution in [3.8, 4) is 0 Å². The first-order valence-corrected chi connectivity index (χ1v) is 6.67. The fourth-order valence-electron chi connectivity index (χ4n) is 1.95. The van der Waals surface area contributed by atoms with Crippen molar-refractivity contribution in [1.29, 1.82) is 0 Å². The highest BCUT2D eigenvalue weighted by Gasteiger charge is 2.07. The summed E-state index contributed by atoms with van der Waals surface area (Å²) in [5, 5.41) is 0.776. The molecule has 102 valence electrons. The molecule has 2 N–H and O–H groups in total. The van der Waals surface area contributed by atoms with Crippen molar-refractivity contribution in [3.63, 3.8) is 0 Å². The molecule has 0 radical (unpaired) electrons. The maximum atomic E-state index is 6.07. The first-order chi connectivity index (χ1) is 8.61. The number of hydrogen-bond acceptors (Lipinski definition) is 3. The Kier molecular flexibility index (Phi) is 7.28. The molecule has 0 bridgehead atoms. The van der Waals surface area contributed by atoms with Crippen LogP contribution >= 0.6 is 11.6 Å². The Bertz CT molecular complexity index is 329. The van der Waals surface area contributed by atoms with Crippen LogP contribution in [0.4, 0.5) is 0 Å². The Labute approximate surface area is 115 Å². The monoisotopic (exact) mass is 270 g/mol. The van der Waals surface area contributed by atoms with E-state index in [1.807, 2.05) is 12.1 Å². The van der Waals surface area contributed by atoms with Gasteiger partial charge in [0.05, 0.1) is 0 Å². The number of nitrogens with two attached hydrogens (primary N) is 1. The van der Waals surface area contributed by atoms with Crippen molar-refractivity contribution in [1.82, 2.24) is 4.90 Å². The topological polar surface area (TPSA) is 38.5 Å². The summed E-state index contributed by atoms with van der Waals surface area (Å²) in [5.74, 6) is 0. The SMILES string of the molecule is COCCCC(N)CN(C)Cc1ccc(Cl)cc1. The predicted octanol–water partition coefficient (Wildman–Crippen LogP) is 2.53. The number of hydrogen-bond donors (Lipinski definition) is 1. The first-order valence-electron chi connectivity index (χ1n) is 6.29. The van der Waals surface area contributed by atoms with E-state index in [9.17, 15) is 0 Å². The van der Waals surface area contributed by atoms with E-state index in [2.05, 4.69) is 24.1 Å². The molecule has 0 aromatic heterocycles. The van der Waals surface area contributed by atoms with Gasteiger partial charge in [0, 0.05) is 37.9 Å². The van der Waals surface area contributed by atoms with E-state index in [1.54, 1.807) is 7.11 Å². The molecule has 4 heteroatoms. The third-order valence-electron chi connectivity index (χ3n) is 2.84. The van der Waals surface area contributed by atoms with Crippen LogP contribution in [0.1, 0.15) is 18.4 Å². The molecule has 0 amide bonds. The molecule has 0 saturated carbocycles. The molecular weight excluding hydrogens is 248 g/mol. The summed E-state index contributed by atoms with van der Waals surface area (Å²) >= 11 is 5.86. The van der Waals surface area contributed by atoms with Crippen molar-refractivity contribution in [2.24, 2.45) is 5.73 Å². The third-order valence-corrected chi connectivity index (χ3v) is 3.09. The molecule has 1 aromatic carbocycles. The van der Waals surface area contributed by atoms with Gasteiger partial charge in [0.15, 0.2) is 0 Å².